The zero-order chi connectivity index (χ0) is 19.8. The number of hydrogen-bond donors (Lipinski definition) is 0. The van der Waals surface area contributed by atoms with E-state index in [1.54, 1.807) is 0 Å². The summed E-state index contributed by atoms with van der Waals surface area (Å²) in [4.78, 5) is 0. The lowest BCUT2D eigenvalue weighted by Gasteiger charge is -2.48. The molecule has 0 N–H and O–H groups in total. The van der Waals surface area contributed by atoms with Gasteiger partial charge in [-0.1, -0.05) is 69.3 Å². The van der Waals surface area contributed by atoms with Crippen LogP contribution >= 0.6 is 0 Å². The van der Waals surface area contributed by atoms with Crippen LogP contribution in [0.1, 0.15) is 59.8 Å². The second-order valence-corrected chi connectivity index (χ2v) is 6.49. The maximum Gasteiger partial charge on any atom is 0.184 e. The van der Waals surface area contributed by atoms with Crippen molar-refractivity contribution in [1.82, 2.24) is 0 Å². The third kappa shape index (κ3) is 5.08. The fraction of sp³-hybridized carbons (Fsp3) is 0.565. The summed E-state index contributed by atoms with van der Waals surface area (Å²) in [6, 6.07) is 10.0. The SMILES string of the molecule is C/C=C\C(=C/C)C1OC(C)C2OC(c3ccccc3)OC(CC)C2O1.CC. The molecule has 0 aromatic heterocycles. The van der Waals surface area contributed by atoms with Gasteiger partial charge in [-0.3, -0.25) is 0 Å². The molecular weight excluding hydrogens is 340 g/mol. The van der Waals surface area contributed by atoms with Gasteiger partial charge >= 0.3 is 0 Å². The molecule has 27 heavy (non-hydrogen) atoms. The topological polar surface area (TPSA) is 36.9 Å². The number of rotatable bonds is 4. The zero-order valence-electron chi connectivity index (χ0n) is 17.4. The van der Waals surface area contributed by atoms with E-state index in [9.17, 15) is 0 Å². The van der Waals surface area contributed by atoms with E-state index in [-0.39, 0.29) is 37.0 Å². The smallest absolute Gasteiger partial charge is 0.184 e. The summed E-state index contributed by atoms with van der Waals surface area (Å²) in [5.41, 5.74) is 2.05. The highest BCUT2D eigenvalue weighted by molar-refractivity contribution is 5.21. The Bertz CT molecular complexity index is 610. The minimum absolute atomic E-state index is 0.0264. The van der Waals surface area contributed by atoms with E-state index in [1.807, 2.05) is 76.3 Å². The molecule has 2 aliphatic rings. The van der Waals surface area contributed by atoms with E-state index in [4.69, 9.17) is 18.9 Å². The lowest BCUT2D eigenvalue weighted by Crippen LogP contribution is -2.59. The molecule has 4 nitrogen and oxygen atoms in total. The number of hydrogen-bond acceptors (Lipinski definition) is 4. The van der Waals surface area contributed by atoms with Gasteiger partial charge in [-0.25, -0.2) is 0 Å². The molecule has 3 rings (SSSR count). The Morgan fingerprint density at radius 2 is 1.67 bits per heavy atom. The Hall–Kier alpha value is -1.46. The molecule has 0 saturated carbocycles. The highest BCUT2D eigenvalue weighted by Gasteiger charge is 2.48. The maximum absolute atomic E-state index is 6.26. The van der Waals surface area contributed by atoms with Crippen LogP contribution in [0.2, 0.25) is 0 Å². The molecular formula is C23H34O4. The van der Waals surface area contributed by atoms with Crippen LogP contribution < -0.4 is 0 Å². The molecule has 0 aliphatic carbocycles. The van der Waals surface area contributed by atoms with E-state index < -0.39 is 0 Å². The fourth-order valence-corrected chi connectivity index (χ4v) is 3.45. The zero-order valence-corrected chi connectivity index (χ0v) is 17.4. The van der Waals surface area contributed by atoms with Gasteiger partial charge in [0.2, 0.25) is 0 Å². The van der Waals surface area contributed by atoms with Crippen molar-refractivity contribution in [3.05, 3.63) is 59.7 Å². The normalized spacial score (nSPS) is 33.9. The lowest BCUT2D eigenvalue weighted by molar-refractivity contribution is -0.370. The maximum atomic E-state index is 6.26. The number of benzene rings is 1. The molecule has 0 bridgehead atoms. The van der Waals surface area contributed by atoms with E-state index in [0.717, 1.165) is 17.6 Å². The highest BCUT2D eigenvalue weighted by atomic mass is 16.8. The average molecular weight is 375 g/mol. The minimum Gasteiger partial charge on any atom is -0.343 e. The van der Waals surface area contributed by atoms with Crippen molar-refractivity contribution in [2.45, 2.75) is 85.0 Å². The predicted octanol–water partition coefficient (Wildman–Crippen LogP) is 5.56. The Kier molecular flexibility index (Phi) is 8.71. The summed E-state index contributed by atoms with van der Waals surface area (Å²) in [5, 5.41) is 0. The van der Waals surface area contributed by atoms with Crippen LogP contribution in [0, 0.1) is 0 Å². The molecule has 6 atom stereocenters. The van der Waals surface area contributed by atoms with Crippen LogP contribution in [-0.4, -0.2) is 30.7 Å². The van der Waals surface area contributed by atoms with Crippen molar-refractivity contribution in [2.75, 3.05) is 0 Å². The van der Waals surface area contributed by atoms with Crippen LogP contribution in [-0.2, 0) is 18.9 Å². The molecule has 2 aliphatic heterocycles. The average Bonchev–Trinajstić information content (AvgIpc) is 2.73. The fourth-order valence-electron chi connectivity index (χ4n) is 3.45. The van der Waals surface area contributed by atoms with E-state index in [1.165, 1.54) is 0 Å². The van der Waals surface area contributed by atoms with Gasteiger partial charge in [0.05, 0.1) is 12.2 Å². The molecule has 0 amide bonds. The Balaban J connectivity index is 0.00000126. The molecule has 0 radical (unpaired) electrons. The molecule has 4 heteroatoms. The molecule has 6 unspecified atom stereocenters. The van der Waals surface area contributed by atoms with E-state index in [2.05, 4.69) is 13.8 Å². The summed E-state index contributed by atoms with van der Waals surface area (Å²) in [7, 11) is 0. The van der Waals surface area contributed by atoms with Crippen LogP contribution in [0.25, 0.3) is 0 Å². The van der Waals surface area contributed by atoms with Gasteiger partial charge in [-0.15, -0.1) is 0 Å². The summed E-state index contributed by atoms with van der Waals surface area (Å²) >= 11 is 0. The van der Waals surface area contributed by atoms with Crippen LogP contribution in [0.3, 0.4) is 0 Å². The number of allylic oxidation sites excluding steroid dienone is 2. The Morgan fingerprint density at radius 3 is 2.26 bits per heavy atom. The molecule has 0 spiro atoms. The molecule has 1 aromatic carbocycles. The summed E-state index contributed by atoms with van der Waals surface area (Å²) in [6.45, 7) is 12.2. The van der Waals surface area contributed by atoms with Crippen molar-refractivity contribution in [1.29, 1.82) is 0 Å². The summed E-state index contributed by atoms with van der Waals surface area (Å²) < 4.78 is 24.8. The Morgan fingerprint density at radius 1 is 0.963 bits per heavy atom. The first-order valence-corrected chi connectivity index (χ1v) is 10.1. The van der Waals surface area contributed by atoms with E-state index >= 15 is 0 Å². The number of fused-ring (bicyclic) bond motifs is 1. The van der Waals surface area contributed by atoms with Crippen molar-refractivity contribution < 1.29 is 18.9 Å². The largest absolute Gasteiger partial charge is 0.343 e. The lowest BCUT2D eigenvalue weighted by atomic mass is 9.97. The Labute approximate surface area is 164 Å². The van der Waals surface area contributed by atoms with Crippen LogP contribution in [0.5, 0.6) is 0 Å². The van der Waals surface area contributed by atoms with E-state index in [0.29, 0.717) is 0 Å². The third-order valence-corrected chi connectivity index (χ3v) is 4.79. The monoisotopic (exact) mass is 374 g/mol. The first kappa shape index (κ1) is 21.8. The van der Waals surface area contributed by atoms with Crippen molar-refractivity contribution in [3.8, 4) is 0 Å². The first-order chi connectivity index (χ1) is 13.2. The van der Waals surface area contributed by atoms with Gasteiger partial charge in [0, 0.05) is 11.1 Å². The second kappa shape index (κ2) is 10.8. The standard InChI is InChI=1S/C21H28O4.C2H6/c1-5-11-15(6-2)20-22-14(4)18-19(25-20)17(7-3)23-21(24-18)16-12-9-8-10-13-16;1-2/h5-6,8-14,17-21H,7H2,1-4H3;1-2H3/b11-5-,15-6+;. The van der Waals surface area contributed by atoms with Gasteiger partial charge in [0.1, 0.15) is 12.2 Å². The first-order valence-electron chi connectivity index (χ1n) is 10.1. The molecule has 2 heterocycles. The molecule has 2 saturated heterocycles. The van der Waals surface area contributed by atoms with Crippen LogP contribution in [0.4, 0.5) is 0 Å². The van der Waals surface area contributed by atoms with Crippen molar-refractivity contribution in [3.63, 3.8) is 0 Å². The van der Waals surface area contributed by atoms with Gasteiger partial charge in [0.15, 0.2) is 12.6 Å². The summed E-state index contributed by atoms with van der Waals surface area (Å²) in [6.07, 6.45) is 5.75. The minimum atomic E-state index is -0.382. The molecule has 150 valence electrons. The molecule has 2 fully saturated rings. The quantitative estimate of drug-likeness (QED) is 0.647. The van der Waals surface area contributed by atoms with Gasteiger partial charge in [-0.2, -0.15) is 0 Å². The van der Waals surface area contributed by atoms with Gasteiger partial charge in [-0.05, 0) is 27.2 Å². The van der Waals surface area contributed by atoms with Gasteiger partial charge < -0.3 is 18.9 Å². The van der Waals surface area contributed by atoms with Gasteiger partial charge in [0.25, 0.3) is 0 Å². The third-order valence-electron chi connectivity index (χ3n) is 4.79. The summed E-state index contributed by atoms with van der Waals surface area (Å²) in [5.74, 6) is 0. The highest BCUT2D eigenvalue weighted by Crippen LogP contribution is 2.38. The van der Waals surface area contributed by atoms with Crippen molar-refractivity contribution in [2.24, 2.45) is 0 Å². The molecule has 1 aromatic rings. The predicted molar refractivity (Wildman–Crippen MR) is 108 cm³/mol. The van der Waals surface area contributed by atoms with Crippen LogP contribution in [0.15, 0.2) is 54.1 Å². The van der Waals surface area contributed by atoms with Crippen molar-refractivity contribution >= 4 is 0 Å². The number of ether oxygens (including phenoxy) is 4. The second-order valence-electron chi connectivity index (χ2n) is 6.49.